The van der Waals surface area contributed by atoms with Gasteiger partial charge in [0.1, 0.15) is 0 Å². The molecule has 0 aromatic rings. The molecular weight excluding hydrogens is 302 g/mol. The third kappa shape index (κ3) is 3.91. The average molecular weight is 326 g/mol. The molecule has 2 heterocycles. The van der Waals surface area contributed by atoms with Gasteiger partial charge in [0.15, 0.2) is 0 Å². The minimum absolute atomic E-state index is 0.0560. The zero-order chi connectivity index (χ0) is 15.9. The Morgan fingerprint density at radius 1 is 1.14 bits per heavy atom. The van der Waals surface area contributed by atoms with Crippen molar-refractivity contribution in [3.05, 3.63) is 0 Å². The van der Waals surface area contributed by atoms with Crippen molar-refractivity contribution in [1.82, 2.24) is 9.21 Å². The predicted molar refractivity (Wildman–Crippen MR) is 75.8 cm³/mol. The molecular formula is C13H24F2N2O3S. The van der Waals surface area contributed by atoms with Gasteiger partial charge in [-0.15, -0.1) is 0 Å². The molecule has 2 saturated heterocycles. The molecule has 2 fully saturated rings. The second-order valence-electron chi connectivity index (χ2n) is 6.53. The number of hydrogen-bond acceptors (Lipinski definition) is 4. The van der Waals surface area contributed by atoms with Crippen LogP contribution in [0.4, 0.5) is 8.78 Å². The first kappa shape index (κ1) is 17.1. The van der Waals surface area contributed by atoms with Gasteiger partial charge in [0, 0.05) is 45.6 Å². The van der Waals surface area contributed by atoms with Crippen molar-refractivity contribution < 1.29 is 22.3 Å². The summed E-state index contributed by atoms with van der Waals surface area (Å²) in [6.45, 7) is 4.31. The maximum absolute atomic E-state index is 13.1. The summed E-state index contributed by atoms with van der Waals surface area (Å²) in [5.41, 5.74) is -1.13. The van der Waals surface area contributed by atoms with Crippen molar-refractivity contribution in [3.63, 3.8) is 0 Å². The molecule has 1 atom stereocenters. The Bertz CT molecular complexity index is 474. The van der Waals surface area contributed by atoms with Crippen LogP contribution in [-0.2, 0) is 10.0 Å². The highest BCUT2D eigenvalue weighted by Gasteiger charge is 2.44. The van der Waals surface area contributed by atoms with Gasteiger partial charge in [-0.05, 0) is 20.3 Å². The van der Waals surface area contributed by atoms with Crippen LogP contribution in [0.2, 0.25) is 0 Å². The highest BCUT2D eigenvalue weighted by atomic mass is 32.2. The summed E-state index contributed by atoms with van der Waals surface area (Å²) >= 11 is 0. The second kappa shape index (κ2) is 5.72. The normalized spacial score (nSPS) is 31.9. The number of likely N-dealkylation sites (tertiary alicyclic amines) is 1. The Hall–Kier alpha value is -0.310. The van der Waals surface area contributed by atoms with Crippen molar-refractivity contribution in [1.29, 1.82) is 0 Å². The summed E-state index contributed by atoms with van der Waals surface area (Å²) in [5, 5.41) is 10.0. The molecule has 0 radical (unpaired) electrons. The summed E-state index contributed by atoms with van der Waals surface area (Å²) in [7, 11) is -3.37. The number of β-amino-alcohol motifs (C(OH)–C–C–N with tert-alkyl or cyclic N) is 1. The molecule has 0 spiro atoms. The SMILES string of the molecule is CC(C)S(=O)(=O)N1CC[C@@](O)(CN2CCC(F)(F)CC2)C1. The van der Waals surface area contributed by atoms with Gasteiger partial charge in [0.05, 0.1) is 10.9 Å². The van der Waals surface area contributed by atoms with Gasteiger partial charge in [0.2, 0.25) is 10.0 Å². The zero-order valence-electron chi connectivity index (χ0n) is 12.6. The Labute approximate surface area is 125 Å². The zero-order valence-corrected chi connectivity index (χ0v) is 13.4. The smallest absolute Gasteiger partial charge is 0.250 e. The van der Waals surface area contributed by atoms with E-state index >= 15 is 0 Å². The summed E-state index contributed by atoms with van der Waals surface area (Å²) in [5.74, 6) is -2.61. The third-order valence-electron chi connectivity index (χ3n) is 4.36. The Morgan fingerprint density at radius 3 is 2.24 bits per heavy atom. The topological polar surface area (TPSA) is 60.9 Å². The van der Waals surface area contributed by atoms with E-state index < -0.39 is 26.8 Å². The molecule has 2 rings (SSSR count). The molecule has 2 aliphatic heterocycles. The lowest BCUT2D eigenvalue weighted by Crippen LogP contribution is -2.50. The third-order valence-corrected chi connectivity index (χ3v) is 6.58. The number of rotatable bonds is 4. The van der Waals surface area contributed by atoms with E-state index in [1.165, 1.54) is 4.31 Å². The van der Waals surface area contributed by atoms with E-state index in [1.54, 1.807) is 13.8 Å². The van der Waals surface area contributed by atoms with Gasteiger partial charge in [-0.2, -0.15) is 4.31 Å². The van der Waals surface area contributed by atoms with E-state index in [0.717, 1.165) is 0 Å². The molecule has 0 bridgehead atoms. The summed E-state index contributed by atoms with van der Waals surface area (Å²) in [6.07, 6.45) is -0.0417. The van der Waals surface area contributed by atoms with Crippen LogP contribution in [0.1, 0.15) is 33.1 Å². The maximum atomic E-state index is 13.1. The Kier molecular flexibility index (Phi) is 4.64. The Balaban J connectivity index is 1.93. The van der Waals surface area contributed by atoms with Crippen molar-refractivity contribution in [3.8, 4) is 0 Å². The molecule has 0 aliphatic carbocycles. The second-order valence-corrected chi connectivity index (χ2v) is 9.02. The fraction of sp³-hybridized carbons (Fsp3) is 1.00. The van der Waals surface area contributed by atoms with E-state index in [1.807, 2.05) is 4.90 Å². The van der Waals surface area contributed by atoms with Crippen LogP contribution in [-0.4, -0.2) is 72.2 Å². The molecule has 0 saturated carbocycles. The molecule has 124 valence electrons. The molecule has 0 aromatic carbocycles. The molecule has 8 heteroatoms. The fourth-order valence-electron chi connectivity index (χ4n) is 2.92. The van der Waals surface area contributed by atoms with E-state index in [0.29, 0.717) is 13.0 Å². The number of alkyl halides is 2. The number of sulfonamides is 1. The predicted octanol–water partition coefficient (Wildman–Crippen LogP) is 0.892. The van der Waals surface area contributed by atoms with Gasteiger partial charge in [-0.1, -0.05) is 0 Å². The Morgan fingerprint density at radius 2 is 1.71 bits per heavy atom. The molecule has 0 unspecified atom stereocenters. The number of halogens is 2. The van der Waals surface area contributed by atoms with Crippen LogP contribution < -0.4 is 0 Å². The fourth-order valence-corrected chi connectivity index (χ4v) is 4.28. The lowest BCUT2D eigenvalue weighted by molar-refractivity contribution is -0.0716. The van der Waals surface area contributed by atoms with E-state index in [9.17, 15) is 22.3 Å². The summed E-state index contributed by atoms with van der Waals surface area (Å²) in [4.78, 5) is 1.81. The highest BCUT2D eigenvalue weighted by Crippen LogP contribution is 2.31. The van der Waals surface area contributed by atoms with E-state index in [-0.39, 0.29) is 39.0 Å². The van der Waals surface area contributed by atoms with Crippen LogP contribution in [0.25, 0.3) is 0 Å². The molecule has 0 amide bonds. The van der Waals surface area contributed by atoms with Gasteiger partial charge < -0.3 is 5.11 Å². The number of nitrogens with zero attached hydrogens (tertiary/aromatic N) is 2. The van der Waals surface area contributed by atoms with Gasteiger partial charge in [-0.25, -0.2) is 17.2 Å². The minimum Gasteiger partial charge on any atom is -0.387 e. The van der Waals surface area contributed by atoms with Crippen LogP contribution in [0.15, 0.2) is 0 Å². The highest BCUT2D eigenvalue weighted by molar-refractivity contribution is 7.89. The summed E-state index contributed by atoms with van der Waals surface area (Å²) in [6, 6.07) is 0. The minimum atomic E-state index is -3.37. The monoisotopic (exact) mass is 326 g/mol. The quantitative estimate of drug-likeness (QED) is 0.834. The van der Waals surface area contributed by atoms with Crippen molar-refractivity contribution >= 4 is 10.0 Å². The lowest BCUT2D eigenvalue weighted by atomic mass is 10.00. The van der Waals surface area contributed by atoms with Crippen molar-refractivity contribution in [2.45, 2.75) is 49.9 Å². The standard InChI is InChI=1S/C13H24F2N2O3S/c1-11(2)21(19,20)17-8-3-12(18,10-17)9-16-6-4-13(14,15)5-7-16/h11,18H,3-10H2,1-2H3/t12-/m1/s1. The van der Waals surface area contributed by atoms with Crippen molar-refractivity contribution in [2.75, 3.05) is 32.7 Å². The van der Waals surface area contributed by atoms with E-state index in [4.69, 9.17) is 0 Å². The number of aliphatic hydroxyl groups is 1. The van der Waals surface area contributed by atoms with Crippen LogP contribution in [0.5, 0.6) is 0 Å². The number of piperidine rings is 1. The molecule has 21 heavy (non-hydrogen) atoms. The van der Waals surface area contributed by atoms with Gasteiger partial charge in [0.25, 0.3) is 5.92 Å². The van der Waals surface area contributed by atoms with Crippen molar-refractivity contribution in [2.24, 2.45) is 0 Å². The molecule has 0 aromatic heterocycles. The van der Waals surface area contributed by atoms with Gasteiger partial charge >= 0.3 is 0 Å². The first-order valence-corrected chi connectivity index (χ1v) is 8.86. The van der Waals surface area contributed by atoms with Gasteiger partial charge in [-0.3, -0.25) is 4.90 Å². The average Bonchev–Trinajstić information content (AvgIpc) is 2.75. The molecule has 2 aliphatic rings. The first-order chi connectivity index (χ1) is 9.54. The largest absolute Gasteiger partial charge is 0.387 e. The van der Waals surface area contributed by atoms with Crippen LogP contribution >= 0.6 is 0 Å². The van der Waals surface area contributed by atoms with Crippen LogP contribution in [0, 0.1) is 0 Å². The first-order valence-electron chi connectivity index (χ1n) is 7.36. The number of hydrogen-bond donors (Lipinski definition) is 1. The molecule has 1 N–H and O–H groups in total. The summed E-state index contributed by atoms with van der Waals surface area (Å²) < 4.78 is 51.7. The molecule has 5 nitrogen and oxygen atoms in total. The lowest BCUT2D eigenvalue weighted by Gasteiger charge is -2.36. The van der Waals surface area contributed by atoms with E-state index in [2.05, 4.69) is 0 Å². The maximum Gasteiger partial charge on any atom is 0.250 e. The van der Waals surface area contributed by atoms with Crippen LogP contribution in [0.3, 0.4) is 0 Å².